The maximum atomic E-state index is 11.0. The highest BCUT2D eigenvalue weighted by Crippen LogP contribution is 2.31. The molecule has 13 heteroatoms. The highest BCUT2D eigenvalue weighted by Gasteiger charge is 2.53. The number of hydrogen-bond donors (Lipinski definition) is 9. The molecule has 1 aliphatic carbocycles. The fourth-order valence-electron chi connectivity index (χ4n) is 4.43. The van der Waals surface area contributed by atoms with Gasteiger partial charge in [0, 0.05) is 0 Å². The zero-order valence-corrected chi connectivity index (χ0v) is 18.3. The number of nitrogens with one attached hydrogen (secondary N) is 1. The molecule has 0 aromatic heterocycles. The lowest BCUT2D eigenvalue weighted by atomic mass is 9.81. The smallest absolute Gasteiger partial charge is 0.215 e. The summed E-state index contributed by atoms with van der Waals surface area (Å²) >= 11 is 0. The Balaban J connectivity index is 1.74. The fourth-order valence-corrected chi connectivity index (χ4v) is 4.43. The summed E-state index contributed by atoms with van der Waals surface area (Å²) < 4.78 is 22.8. The van der Waals surface area contributed by atoms with Crippen LogP contribution in [0.4, 0.5) is 0 Å². The van der Waals surface area contributed by atoms with E-state index < -0.39 is 72.9 Å². The molecular weight excluding hydrogens is 426 g/mol. The molecule has 3 aliphatic rings. The first-order valence-corrected chi connectivity index (χ1v) is 10.7. The van der Waals surface area contributed by atoms with Gasteiger partial charge in [-0.3, -0.25) is 0 Å². The number of ether oxygens (including phenoxy) is 4. The van der Waals surface area contributed by atoms with Gasteiger partial charge in [0.05, 0.1) is 43.4 Å². The van der Waals surface area contributed by atoms with E-state index >= 15 is 0 Å². The molecule has 0 unspecified atom stereocenters. The Morgan fingerprint density at radius 1 is 1.06 bits per heavy atom. The molecule has 0 amide bonds. The van der Waals surface area contributed by atoms with Gasteiger partial charge in [0.2, 0.25) is 6.29 Å². The summed E-state index contributed by atoms with van der Waals surface area (Å²) in [5, 5.41) is 45.5. The van der Waals surface area contributed by atoms with Crippen molar-refractivity contribution in [2.24, 2.45) is 22.9 Å². The molecule has 0 spiro atoms. The Kier molecular flexibility index (Phi) is 8.13. The molecule has 2 aliphatic heterocycles. The number of nitrogens with two attached hydrogens (primary N) is 4. The van der Waals surface area contributed by atoms with E-state index in [0.717, 1.165) is 0 Å². The second-order valence-electron chi connectivity index (χ2n) is 8.89. The van der Waals surface area contributed by atoms with Gasteiger partial charge in [0.25, 0.3) is 0 Å². The minimum Gasteiger partial charge on any atom is -0.467 e. The highest BCUT2D eigenvalue weighted by atomic mass is 16.7. The minimum absolute atomic E-state index is 0.140. The molecule has 2 fully saturated rings. The Hall–Kier alpha value is -0.940. The van der Waals surface area contributed by atoms with Gasteiger partial charge in [-0.1, -0.05) is 0 Å². The maximum absolute atomic E-state index is 11.0. The summed E-state index contributed by atoms with van der Waals surface area (Å²) in [5.41, 5.74) is 22.5. The summed E-state index contributed by atoms with van der Waals surface area (Å²) in [7, 11) is 1.58. The largest absolute Gasteiger partial charge is 0.467 e. The van der Waals surface area contributed by atoms with Gasteiger partial charge in [-0.15, -0.1) is 0 Å². The topological polar surface area (TPSA) is 234 Å². The minimum atomic E-state index is -1.40. The number of aliphatic hydroxyl groups excluding tert-OH is 3. The second-order valence-corrected chi connectivity index (χ2v) is 8.89. The third kappa shape index (κ3) is 4.94. The van der Waals surface area contributed by atoms with Gasteiger partial charge in [-0.05, 0) is 26.5 Å². The normalized spacial score (nSPS) is 49.9. The number of aliphatic hydroxyl groups is 4. The first kappa shape index (κ1) is 25.7. The summed E-state index contributed by atoms with van der Waals surface area (Å²) in [6, 6.07) is -3.48. The predicted molar refractivity (Wildman–Crippen MR) is 112 cm³/mol. The van der Waals surface area contributed by atoms with Crippen LogP contribution in [0.5, 0.6) is 0 Å². The van der Waals surface area contributed by atoms with Crippen LogP contribution in [0, 0.1) is 0 Å². The molecule has 3 rings (SSSR count). The molecule has 186 valence electrons. The summed E-state index contributed by atoms with van der Waals surface area (Å²) in [6.45, 7) is 1.52. The lowest BCUT2D eigenvalue weighted by molar-refractivity contribution is -0.308. The Labute approximate surface area is 186 Å². The average molecular weight is 464 g/mol. The zero-order valence-electron chi connectivity index (χ0n) is 18.3. The summed E-state index contributed by atoms with van der Waals surface area (Å²) in [5.74, 6) is 0.490. The molecule has 13 nitrogen and oxygen atoms in total. The first-order valence-electron chi connectivity index (χ1n) is 10.7. The summed E-state index contributed by atoms with van der Waals surface area (Å²) in [4.78, 5) is 0. The van der Waals surface area contributed by atoms with Crippen LogP contribution in [0.2, 0.25) is 0 Å². The predicted octanol–water partition coefficient (Wildman–Crippen LogP) is -4.88. The molecule has 12 atom stereocenters. The van der Waals surface area contributed by atoms with Gasteiger partial charge >= 0.3 is 0 Å². The molecule has 32 heavy (non-hydrogen) atoms. The van der Waals surface area contributed by atoms with Gasteiger partial charge in [-0.2, -0.15) is 0 Å². The van der Waals surface area contributed by atoms with Crippen molar-refractivity contribution < 1.29 is 39.4 Å². The van der Waals surface area contributed by atoms with E-state index in [0.29, 0.717) is 12.2 Å². The van der Waals surface area contributed by atoms with Crippen molar-refractivity contribution in [1.29, 1.82) is 0 Å². The number of likely N-dealkylation sites (N-methyl/N-ethyl adjacent to an activating group) is 1. The molecular formula is C19H37N5O8. The first-order chi connectivity index (χ1) is 15.0. The fraction of sp³-hybridized carbons (Fsp3) is 0.895. The van der Waals surface area contributed by atoms with Crippen LogP contribution in [0.15, 0.2) is 11.8 Å². The standard InChI is InChI=1S/C19H37N5O8/c1-19(28)6-29-18(13(27)16(19)24-2)32-15-10(23)11(25)9(22)14(12(15)26)31-17-8(21)4-3-7(5-20)30-17/h3,8-18,24-28H,4-6,20-23H2,1-2H3/t8-,9-,10+,11-,12-,13+,14+,15-,16+,17+,18-,19+/m1/s1. The van der Waals surface area contributed by atoms with Gasteiger partial charge in [-0.25, -0.2) is 0 Å². The van der Waals surface area contributed by atoms with Crippen molar-refractivity contribution in [2.75, 3.05) is 20.2 Å². The van der Waals surface area contributed by atoms with Crippen molar-refractivity contribution in [3.8, 4) is 0 Å². The maximum Gasteiger partial charge on any atom is 0.215 e. The second kappa shape index (κ2) is 10.1. The van der Waals surface area contributed by atoms with Crippen LogP contribution < -0.4 is 28.3 Å². The SMILES string of the molecule is CN[C@H]1[C@H](O)[C@@H](O[C@@H]2[C@@H](N)[C@H](O)[C@@H](N)[C@H](O[C@@H]3OC(CN)=CC[C@H]3N)[C@H]2O)OC[C@]1(C)O. The molecule has 13 N–H and O–H groups in total. The van der Waals surface area contributed by atoms with E-state index in [1.54, 1.807) is 13.1 Å². The van der Waals surface area contributed by atoms with Gasteiger partial charge < -0.3 is 67.6 Å². The lowest BCUT2D eigenvalue weighted by Crippen LogP contribution is -2.72. The quantitative estimate of drug-likeness (QED) is 0.180. The van der Waals surface area contributed by atoms with Crippen molar-refractivity contribution in [2.45, 2.75) is 86.2 Å². The number of hydrogen-bond acceptors (Lipinski definition) is 13. The average Bonchev–Trinajstić information content (AvgIpc) is 2.75. The summed E-state index contributed by atoms with van der Waals surface area (Å²) in [6.07, 6.45) is -6.33. The van der Waals surface area contributed by atoms with Crippen LogP contribution in [0.25, 0.3) is 0 Å². The van der Waals surface area contributed by atoms with E-state index in [9.17, 15) is 20.4 Å². The van der Waals surface area contributed by atoms with Crippen LogP contribution in [-0.2, 0) is 18.9 Å². The van der Waals surface area contributed by atoms with Crippen LogP contribution in [0.3, 0.4) is 0 Å². The van der Waals surface area contributed by atoms with Crippen molar-refractivity contribution in [3.63, 3.8) is 0 Å². The molecule has 0 aromatic rings. The van der Waals surface area contributed by atoms with Crippen molar-refractivity contribution in [3.05, 3.63) is 11.8 Å². The Morgan fingerprint density at radius 3 is 2.22 bits per heavy atom. The lowest BCUT2D eigenvalue weighted by Gasteiger charge is -2.49. The molecule has 2 heterocycles. The van der Waals surface area contributed by atoms with E-state index in [1.807, 2.05) is 0 Å². The zero-order chi connectivity index (χ0) is 23.8. The molecule has 0 bridgehead atoms. The van der Waals surface area contributed by atoms with E-state index in [2.05, 4.69) is 5.32 Å². The van der Waals surface area contributed by atoms with E-state index in [1.165, 1.54) is 6.92 Å². The van der Waals surface area contributed by atoms with Crippen molar-refractivity contribution in [1.82, 2.24) is 5.32 Å². The van der Waals surface area contributed by atoms with Crippen LogP contribution >= 0.6 is 0 Å². The van der Waals surface area contributed by atoms with Gasteiger partial charge in [0.15, 0.2) is 6.29 Å². The third-order valence-corrected chi connectivity index (χ3v) is 6.38. The third-order valence-electron chi connectivity index (χ3n) is 6.38. The van der Waals surface area contributed by atoms with Crippen LogP contribution in [-0.4, -0.2) is 113 Å². The Morgan fingerprint density at radius 2 is 1.66 bits per heavy atom. The molecule has 1 saturated heterocycles. The molecule has 0 radical (unpaired) electrons. The van der Waals surface area contributed by atoms with Crippen molar-refractivity contribution >= 4 is 0 Å². The van der Waals surface area contributed by atoms with E-state index in [4.69, 9.17) is 41.9 Å². The molecule has 1 saturated carbocycles. The number of rotatable bonds is 6. The van der Waals surface area contributed by atoms with Crippen LogP contribution in [0.1, 0.15) is 13.3 Å². The Bertz CT molecular complexity index is 670. The molecule has 0 aromatic carbocycles. The van der Waals surface area contributed by atoms with Gasteiger partial charge in [0.1, 0.15) is 35.8 Å². The highest BCUT2D eigenvalue weighted by molar-refractivity contribution is 5.07. The van der Waals surface area contributed by atoms with E-state index in [-0.39, 0.29) is 13.2 Å². The monoisotopic (exact) mass is 463 g/mol.